The number of imidazole rings is 1. The van der Waals surface area contributed by atoms with Gasteiger partial charge in [-0.1, -0.05) is 5.16 Å². The summed E-state index contributed by atoms with van der Waals surface area (Å²) in [6.07, 6.45) is -2.67. The van der Waals surface area contributed by atoms with Crippen LogP contribution in [0.5, 0.6) is 0 Å². The predicted molar refractivity (Wildman–Crippen MR) is 82.8 cm³/mol. The number of carbonyl (C=O) groups excluding carboxylic acids is 1. The van der Waals surface area contributed by atoms with Crippen molar-refractivity contribution < 1.29 is 18.1 Å². The molecule has 0 fully saturated rings. The number of urea groups is 1. The molecule has 0 aliphatic carbocycles. The molecule has 9 heteroatoms. The van der Waals surface area contributed by atoms with Crippen LogP contribution in [0.3, 0.4) is 0 Å². The Kier molecular flexibility index (Phi) is 4.15. The fourth-order valence-electron chi connectivity index (χ4n) is 2.24. The molecule has 7 nitrogen and oxygen atoms in total. The van der Waals surface area contributed by atoms with Crippen LogP contribution in [-0.4, -0.2) is 33.1 Å². The number of aromatic nitrogens is 3. The summed E-state index contributed by atoms with van der Waals surface area (Å²) >= 11 is 0. The van der Waals surface area contributed by atoms with E-state index >= 15 is 0 Å². The van der Waals surface area contributed by atoms with Crippen molar-refractivity contribution in [1.82, 2.24) is 20.0 Å². The van der Waals surface area contributed by atoms with Gasteiger partial charge >= 0.3 is 6.03 Å². The van der Waals surface area contributed by atoms with Gasteiger partial charge in [0.05, 0.1) is 17.6 Å². The first-order valence-electron chi connectivity index (χ1n) is 7.14. The second-order valence-electron chi connectivity index (χ2n) is 5.37. The van der Waals surface area contributed by atoms with Gasteiger partial charge in [0, 0.05) is 18.8 Å². The average molecular weight is 335 g/mol. The molecule has 0 radical (unpaired) electrons. The molecule has 2 amide bonds. The van der Waals surface area contributed by atoms with Crippen molar-refractivity contribution in [2.75, 3.05) is 12.4 Å². The van der Waals surface area contributed by atoms with Gasteiger partial charge in [0.2, 0.25) is 0 Å². The van der Waals surface area contributed by atoms with Gasteiger partial charge in [-0.2, -0.15) is 0 Å². The number of nitrogens with one attached hydrogen (secondary N) is 2. The highest BCUT2D eigenvalue weighted by Gasteiger charge is 2.15. The maximum absolute atomic E-state index is 12.6. The smallest absolute Gasteiger partial charge is 0.321 e. The van der Waals surface area contributed by atoms with Gasteiger partial charge in [0.25, 0.3) is 6.43 Å². The molecule has 0 bridgehead atoms. The zero-order chi connectivity index (χ0) is 17.3. The number of fused-ring (bicyclic) bond motifs is 1. The first-order chi connectivity index (χ1) is 11.4. The van der Waals surface area contributed by atoms with Crippen LogP contribution in [-0.2, 0) is 6.54 Å². The fraction of sp³-hybridized carbons (Fsp3) is 0.267. The highest BCUT2D eigenvalue weighted by Crippen LogP contribution is 2.22. The molecule has 24 heavy (non-hydrogen) atoms. The van der Waals surface area contributed by atoms with Crippen LogP contribution in [0.4, 0.5) is 19.3 Å². The number of carbonyl (C=O) groups is 1. The number of H-pyrrole nitrogens is 1. The fourth-order valence-corrected chi connectivity index (χ4v) is 2.24. The number of nitrogens with zero attached hydrogens (tertiary/aromatic N) is 3. The van der Waals surface area contributed by atoms with E-state index in [9.17, 15) is 13.6 Å². The molecule has 2 heterocycles. The number of aromatic amines is 1. The van der Waals surface area contributed by atoms with Crippen molar-refractivity contribution in [3.05, 3.63) is 41.5 Å². The minimum Gasteiger partial charge on any atom is -0.361 e. The summed E-state index contributed by atoms with van der Waals surface area (Å²) in [5, 5.41) is 6.52. The van der Waals surface area contributed by atoms with E-state index in [-0.39, 0.29) is 12.6 Å². The number of amides is 2. The highest BCUT2D eigenvalue weighted by atomic mass is 19.3. The van der Waals surface area contributed by atoms with E-state index in [2.05, 4.69) is 20.4 Å². The maximum atomic E-state index is 12.6. The Hall–Kier alpha value is -2.97. The molecule has 3 aromatic rings. The second-order valence-corrected chi connectivity index (χ2v) is 5.37. The largest absolute Gasteiger partial charge is 0.361 e. The van der Waals surface area contributed by atoms with Crippen LogP contribution in [0, 0.1) is 6.92 Å². The van der Waals surface area contributed by atoms with Crippen LogP contribution in [0.1, 0.15) is 23.7 Å². The zero-order valence-electron chi connectivity index (χ0n) is 13.0. The van der Waals surface area contributed by atoms with E-state index < -0.39 is 12.2 Å². The predicted octanol–water partition coefficient (Wildman–Crippen LogP) is 3.46. The van der Waals surface area contributed by atoms with Crippen LogP contribution in [0.2, 0.25) is 0 Å². The summed E-state index contributed by atoms with van der Waals surface area (Å²) in [4.78, 5) is 19.9. The maximum Gasteiger partial charge on any atom is 0.321 e. The molecule has 126 valence electrons. The van der Waals surface area contributed by atoms with Crippen LogP contribution >= 0.6 is 0 Å². The number of alkyl halides is 2. The molecular formula is C15H15F2N5O2. The number of halogens is 2. The summed E-state index contributed by atoms with van der Waals surface area (Å²) in [7, 11) is 1.61. The van der Waals surface area contributed by atoms with Gasteiger partial charge < -0.3 is 19.7 Å². The van der Waals surface area contributed by atoms with Crippen LogP contribution < -0.4 is 5.32 Å². The highest BCUT2D eigenvalue weighted by molar-refractivity contribution is 5.91. The Morgan fingerprint density at radius 2 is 2.21 bits per heavy atom. The Labute approximate surface area is 135 Å². The van der Waals surface area contributed by atoms with Crippen molar-refractivity contribution >= 4 is 22.8 Å². The number of hydrogen-bond acceptors (Lipinski definition) is 4. The van der Waals surface area contributed by atoms with Crippen LogP contribution in [0.25, 0.3) is 11.0 Å². The van der Waals surface area contributed by atoms with E-state index in [1.165, 1.54) is 4.90 Å². The van der Waals surface area contributed by atoms with E-state index in [0.29, 0.717) is 28.2 Å². The van der Waals surface area contributed by atoms with Gasteiger partial charge in [0.1, 0.15) is 11.5 Å². The van der Waals surface area contributed by atoms with Crippen molar-refractivity contribution in [3.63, 3.8) is 0 Å². The summed E-state index contributed by atoms with van der Waals surface area (Å²) in [5.41, 5.74) is 1.95. The third-order valence-electron chi connectivity index (χ3n) is 3.38. The van der Waals surface area contributed by atoms with Crippen molar-refractivity contribution in [2.24, 2.45) is 0 Å². The number of rotatable bonds is 4. The van der Waals surface area contributed by atoms with Crippen molar-refractivity contribution in [1.29, 1.82) is 0 Å². The van der Waals surface area contributed by atoms with Gasteiger partial charge in [-0.25, -0.2) is 18.6 Å². The first-order valence-corrected chi connectivity index (χ1v) is 7.14. The van der Waals surface area contributed by atoms with Gasteiger partial charge in [-0.05, 0) is 25.1 Å². The van der Waals surface area contributed by atoms with Gasteiger partial charge in [0.15, 0.2) is 5.82 Å². The Morgan fingerprint density at radius 1 is 1.42 bits per heavy atom. The lowest BCUT2D eigenvalue weighted by Gasteiger charge is -2.16. The number of hydrogen-bond donors (Lipinski definition) is 2. The topological polar surface area (TPSA) is 87.0 Å². The van der Waals surface area contributed by atoms with Crippen molar-refractivity contribution in [3.8, 4) is 0 Å². The molecule has 1 aromatic carbocycles. The minimum absolute atomic E-state index is 0.283. The Morgan fingerprint density at radius 3 is 2.88 bits per heavy atom. The molecule has 0 saturated heterocycles. The Bertz CT molecular complexity index is 874. The van der Waals surface area contributed by atoms with E-state index in [1.54, 1.807) is 38.2 Å². The summed E-state index contributed by atoms with van der Waals surface area (Å²) in [6.45, 7) is 2.05. The third kappa shape index (κ3) is 3.34. The zero-order valence-corrected chi connectivity index (χ0v) is 13.0. The third-order valence-corrected chi connectivity index (χ3v) is 3.38. The lowest BCUT2D eigenvalue weighted by Crippen LogP contribution is -2.30. The molecule has 0 aliphatic rings. The number of benzene rings is 1. The summed E-state index contributed by atoms with van der Waals surface area (Å²) < 4.78 is 30.2. The molecule has 0 aliphatic heterocycles. The molecular weight excluding hydrogens is 320 g/mol. The minimum atomic E-state index is -2.67. The summed E-state index contributed by atoms with van der Waals surface area (Å²) in [6, 6.07) is 6.11. The lowest BCUT2D eigenvalue weighted by molar-refractivity contribution is 0.142. The number of aryl methyl sites for hydroxylation is 1. The molecule has 0 saturated carbocycles. The van der Waals surface area contributed by atoms with Crippen LogP contribution in [0.15, 0.2) is 28.8 Å². The molecule has 3 rings (SSSR count). The van der Waals surface area contributed by atoms with E-state index in [4.69, 9.17) is 4.52 Å². The molecule has 2 aromatic heterocycles. The first kappa shape index (κ1) is 15.9. The van der Waals surface area contributed by atoms with Gasteiger partial charge in [-0.3, -0.25) is 0 Å². The average Bonchev–Trinajstić information content (AvgIpc) is 3.12. The SMILES string of the molecule is Cc1cc(CN(C)C(=O)Nc2ccc3nc(C(F)F)[nH]c3c2)no1. The Balaban J connectivity index is 1.70. The lowest BCUT2D eigenvalue weighted by atomic mass is 10.3. The standard InChI is InChI=1S/C15H15F2N5O2/c1-8-5-10(21-24-8)7-22(2)15(23)18-9-3-4-11-12(6-9)20-14(19-11)13(16)17/h3-6,13H,7H2,1-2H3,(H,18,23)(H,19,20). The molecule has 0 unspecified atom stereocenters. The molecule has 2 N–H and O–H groups in total. The van der Waals surface area contributed by atoms with E-state index in [1.807, 2.05) is 0 Å². The number of anilines is 1. The van der Waals surface area contributed by atoms with Gasteiger partial charge in [-0.15, -0.1) is 0 Å². The van der Waals surface area contributed by atoms with E-state index in [0.717, 1.165) is 0 Å². The quantitative estimate of drug-likeness (QED) is 0.764. The summed E-state index contributed by atoms with van der Waals surface area (Å²) in [5.74, 6) is 0.269. The molecule has 0 atom stereocenters. The normalized spacial score (nSPS) is 11.2. The molecule has 0 spiro atoms. The monoisotopic (exact) mass is 335 g/mol. The second kappa shape index (κ2) is 6.26. The van der Waals surface area contributed by atoms with Crippen molar-refractivity contribution in [2.45, 2.75) is 19.9 Å².